The quantitative estimate of drug-likeness (QED) is 0.824. The van der Waals surface area contributed by atoms with Crippen LogP contribution in [0.5, 0.6) is 0 Å². The molecule has 102 valence electrons. The Hall–Kier alpha value is -1.30. The maximum Gasteiger partial charge on any atom is 0.148 e. The van der Waals surface area contributed by atoms with E-state index in [-0.39, 0.29) is 0 Å². The predicted molar refractivity (Wildman–Crippen MR) is 78.4 cm³/mol. The summed E-state index contributed by atoms with van der Waals surface area (Å²) in [5.41, 5.74) is 3.74. The van der Waals surface area contributed by atoms with Gasteiger partial charge in [-0.2, -0.15) is 0 Å². The molecule has 0 saturated heterocycles. The fraction of sp³-hybridized carbons (Fsp3) is 0.429. The van der Waals surface area contributed by atoms with Crippen LogP contribution in [0.2, 0.25) is 0 Å². The Bertz CT molecular complexity index is 539. The number of hydrogen-bond donors (Lipinski definition) is 1. The van der Waals surface area contributed by atoms with Crippen molar-refractivity contribution < 1.29 is 4.74 Å². The smallest absolute Gasteiger partial charge is 0.148 e. The van der Waals surface area contributed by atoms with Crippen LogP contribution in [-0.2, 0) is 11.3 Å². The number of aromatic nitrogens is 2. The van der Waals surface area contributed by atoms with E-state index >= 15 is 0 Å². The second-order valence-corrected chi connectivity index (χ2v) is 5.48. The molecule has 0 aliphatic heterocycles. The van der Waals surface area contributed by atoms with Crippen LogP contribution in [-0.4, -0.2) is 30.5 Å². The molecule has 0 saturated carbocycles. The largest absolute Gasteiger partial charge is 0.383 e. The summed E-state index contributed by atoms with van der Waals surface area (Å²) in [7, 11) is 1.70. The number of nitrogens with one attached hydrogen (secondary N) is 1. The van der Waals surface area contributed by atoms with E-state index in [1.54, 1.807) is 18.4 Å². The van der Waals surface area contributed by atoms with Crippen molar-refractivity contribution in [3.8, 4) is 10.6 Å². The van der Waals surface area contributed by atoms with E-state index in [0.717, 1.165) is 23.1 Å². The molecule has 0 radical (unpaired) electrons. The van der Waals surface area contributed by atoms with E-state index in [9.17, 15) is 0 Å². The molecular weight excluding hydrogens is 258 g/mol. The van der Waals surface area contributed by atoms with E-state index in [4.69, 9.17) is 4.74 Å². The third-order valence-corrected chi connectivity index (χ3v) is 4.02. The summed E-state index contributed by atoms with van der Waals surface area (Å²) in [5.74, 6) is 0. The van der Waals surface area contributed by atoms with Gasteiger partial charge < -0.3 is 10.1 Å². The summed E-state index contributed by atoms with van der Waals surface area (Å²) >= 11 is 1.64. The van der Waals surface area contributed by atoms with Crippen molar-refractivity contribution in [3.63, 3.8) is 0 Å². The fourth-order valence-electron chi connectivity index (χ4n) is 1.79. The molecule has 19 heavy (non-hydrogen) atoms. The van der Waals surface area contributed by atoms with Crippen molar-refractivity contribution in [2.24, 2.45) is 0 Å². The van der Waals surface area contributed by atoms with Gasteiger partial charge in [0, 0.05) is 25.8 Å². The highest BCUT2D eigenvalue weighted by molar-refractivity contribution is 7.14. The minimum atomic E-state index is 0.711. The molecular formula is C14H19N3OS. The molecule has 4 nitrogen and oxygen atoms in total. The van der Waals surface area contributed by atoms with Crippen molar-refractivity contribution in [2.45, 2.75) is 20.4 Å². The van der Waals surface area contributed by atoms with Gasteiger partial charge in [-0.3, -0.25) is 0 Å². The zero-order chi connectivity index (χ0) is 13.7. The normalized spacial score (nSPS) is 10.9. The molecule has 1 N–H and O–H groups in total. The molecule has 0 unspecified atom stereocenters. The first kappa shape index (κ1) is 14.1. The van der Waals surface area contributed by atoms with Crippen molar-refractivity contribution in [3.05, 3.63) is 34.3 Å². The summed E-state index contributed by atoms with van der Waals surface area (Å²) in [5, 5.41) is 13.8. The lowest BCUT2D eigenvalue weighted by Crippen LogP contribution is -2.18. The molecule has 2 aromatic rings. The standard InChI is InChI=1S/C14H19N3OS/c1-10-5-4-6-12(11(10)2)14-17-16-13(19-14)9-15-7-8-18-3/h4-6,15H,7-9H2,1-3H3. The Morgan fingerprint density at radius 2 is 2.11 bits per heavy atom. The SMILES string of the molecule is COCCNCc1nnc(-c2cccc(C)c2C)s1. The Morgan fingerprint density at radius 1 is 1.26 bits per heavy atom. The Morgan fingerprint density at radius 3 is 2.89 bits per heavy atom. The molecule has 1 aromatic carbocycles. The van der Waals surface area contributed by atoms with Gasteiger partial charge in [-0.1, -0.05) is 29.5 Å². The average Bonchev–Trinajstić information content (AvgIpc) is 2.87. The van der Waals surface area contributed by atoms with Gasteiger partial charge in [-0.15, -0.1) is 10.2 Å². The van der Waals surface area contributed by atoms with Crippen LogP contribution in [0.15, 0.2) is 18.2 Å². The van der Waals surface area contributed by atoms with E-state index in [0.29, 0.717) is 6.61 Å². The minimum Gasteiger partial charge on any atom is -0.383 e. The molecule has 1 aromatic heterocycles. The van der Waals surface area contributed by atoms with Crippen LogP contribution in [0.3, 0.4) is 0 Å². The second kappa shape index (κ2) is 6.75. The molecule has 0 atom stereocenters. The van der Waals surface area contributed by atoms with Gasteiger partial charge >= 0.3 is 0 Å². The first-order valence-electron chi connectivity index (χ1n) is 6.31. The van der Waals surface area contributed by atoms with Gasteiger partial charge in [-0.25, -0.2) is 0 Å². The topological polar surface area (TPSA) is 47.0 Å². The average molecular weight is 277 g/mol. The maximum absolute atomic E-state index is 4.99. The van der Waals surface area contributed by atoms with Crippen LogP contribution >= 0.6 is 11.3 Å². The Kier molecular flexibility index (Phi) is 5.01. The maximum atomic E-state index is 4.99. The summed E-state index contributed by atoms with van der Waals surface area (Å²) in [6.45, 7) is 6.53. The predicted octanol–water partition coefficient (Wildman–Crippen LogP) is 2.56. The van der Waals surface area contributed by atoms with Gasteiger partial charge in [0.15, 0.2) is 0 Å². The minimum absolute atomic E-state index is 0.711. The Balaban J connectivity index is 2.06. The van der Waals surface area contributed by atoms with Gasteiger partial charge in [-0.05, 0) is 25.0 Å². The lowest BCUT2D eigenvalue weighted by Gasteiger charge is -2.04. The molecule has 2 rings (SSSR count). The highest BCUT2D eigenvalue weighted by atomic mass is 32.1. The second-order valence-electron chi connectivity index (χ2n) is 4.42. The molecule has 0 aliphatic carbocycles. The lowest BCUT2D eigenvalue weighted by atomic mass is 10.0. The molecule has 0 bridgehead atoms. The summed E-state index contributed by atoms with van der Waals surface area (Å²) in [6, 6.07) is 6.29. The number of hydrogen-bond acceptors (Lipinski definition) is 5. The van der Waals surface area contributed by atoms with Gasteiger partial charge in [0.05, 0.1) is 6.61 Å². The van der Waals surface area contributed by atoms with Crippen molar-refractivity contribution in [1.82, 2.24) is 15.5 Å². The van der Waals surface area contributed by atoms with Crippen LogP contribution in [0.1, 0.15) is 16.1 Å². The zero-order valence-electron chi connectivity index (χ0n) is 11.6. The monoisotopic (exact) mass is 277 g/mol. The number of nitrogens with zero attached hydrogens (tertiary/aromatic N) is 2. The fourth-order valence-corrected chi connectivity index (χ4v) is 2.68. The number of benzene rings is 1. The number of rotatable bonds is 6. The van der Waals surface area contributed by atoms with Crippen LogP contribution < -0.4 is 5.32 Å². The van der Waals surface area contributed by atoms with Gasteiger partial charge in [0.25, 0.3) is 0 Å². The van der Waals surface area contributed by atoms with E-state index in [1.165, 1.54) is 16.7 Å². The molecule has 0 aliphatic rings. The summed E-state index contributed by atoms with van der Waals surface area (Å²) in [6.07, 6.45) is 0. The molecule has 0 fully saturated rings. The molecule has 0 amide bonds. The van der Waals surface area contributed by atoms with E-state index in [2.05, 4.69) is 47.6 Å². The number of methoxy groups -OCH3 is 1. The third kappa shape index (κ3) is 3.59. The highest BCUT2D eigenvalue weighted by Crippen LogP contribution is 2.27. The van der Waals surface area contributed by atoms with Crippen molar-refractivity contribution >= 4 is 11.3 Å². The van der Waals surface area contributed by atoms with Crippen molar-refractivity contribution in [1.29, 1.82) is 0 Å². The summed E-state index contributed by atoms with van der Waals surface area (Å²) < 4.78 is 4.99. The van der Waals surface area contributed by atoms with Crippen LogP contribution in [0.4, 0.5) is 0 Å². The van der Waals surface area contributed by atoms with Crippen LogP contribution in [0.25, 0.3) is 10.6 Å². The molecule has 0 spiro atoms. The zero-order valence-corrected chi connectivity index (χ0v) is 12.4. The molecule has 5 heteroatoms. The summed E-state index contributed by atoms with van der Waals surface area (Å²) in [4.78, 5) is 0. The van der Waals surface area contributed by atoms with Crippen LogP contribution in [0, 0.1) is 13.8 Å². The number of ether oxygens (including phenoxy) is 1. The van der Waals surface area contributed by atoms with Gasteiger partial charge in [0.1, 0.15) is 10.0 Å². The van der Waals surface area contributed by atoms with E-state index in [1.807, 2.05) is 0 Å². The molecule has 1 heterocycles. The van der Waals surface area contributed by atoms with Crippen molar-refractivity contribution in [2.75, 3.05) is 20.3 Å². The third-order valence-electron chi connectivity index (χ3n) is 3.06. The Labute approximate surface area is 117 Å². The first-order valence-corrected chi connectivity index (χ1v) is 7.12. The lowest BCUT2D eigenvalue weighted by molar-refractivity contribution is 0.199. The highest BCUT2D eigenvalue weighted by Gasteiger charge is 2.09. The first-order chi connectivity index (χ1) is 9.22. The van der Waals surface area contributed by atoms with E-state index < -0.39 is 0 Å². The van der Waals surface area contributed by atoms with Gasteiger partial charge in [0.2, 0.25) is 0 Å². The number of aryl methyl sites for hydroxylation is 1.